The molecule has 0 saturated carbocycles. The molecular formula is C15H14FNO4. The summed E-state index contributed by atoms with van der Waals surface area (Å²) in [7, 11) is 0. The predicted molar refractivity (Wildman–Crippen MR) is 73.0 cm³/mol. The van der Waals surface area contributed by atoms with Crippen molar-refractivity contribution >= 4 is 17.6 Å². The summed E-state index contributed by atoms with van der Waals surface area (Å²) >= 11 is 0. The zero-order chi connectivity index (χ0) is 15.1. The third-order valence-corrected chi connectivity index (χ3v) is 2.63. The van der Waals surface area contributed by atoms with Gasteiger partial charge in [0.05, 0.1) is 12.7 Å². The van der Waals surface area contributed by atoms with Crippen LogP contribution in [0.1, 0.15) is 12.2 Å². The van der Waals surface area contributed by atoms with E-state index < -0.39 is 24.3 Å². The number of furan rings is 1. The minimum Gasteiger partial charge on any atom is -0.469 e. The number of hydrogen-bond donors (Lipinski definition) is 1. The van der Waals surface area contributed by atoms with E-state index in [0.29, 0.717) is 17.9 Å². The van der Waals surface area contributed by atoms with Gasteiger partial charge in [0.2, 0.25) is 0 Å². The average molecular weight is 291 g/mol. The fourth-order valence-corrected chi connectivity index (χ4v) is 1.66. The van der Waals surface area contributed by atoms with Crippen LogP contribution in [0.2, 0.25) is 0 Å². The normalized spacial score (nSPS) is 10.1. The molecule has 2 rings (SSSR count). The number of anilines is 1. The second-order valence-corrected chi connectivity index (χ2v) is 4.30. The number of hydrogen-bond acceptors (Lipinski definition) is 4. The van der Waals surface area contributed by atoms with Gasteiger partial charge in [-0.3, -0.25) is 9.59 Å². The van der Waals surface area contributed by atoms with Crippen molar-refractivity contribution in [2.24, 2.45) is 0 Å². The molecule has 1 aromatic heterocycles. The van der Waals surface area contributed by atoms with E-state index in [4.69, 9.17) is 9.15 Å². The lowest BCUT2D eigenvalue weighted by molar-refractivity contribution is -0.147. The maximum absolute atomic E-state index is 12.9. The molecule has 0 aliphatic carbocycles. The minimum atomic E-state index is -0.521. The van der Waals surface area contributed by atoms with E-state index in [1.165, 1.54) is 24.5 Å². The van der Waals surface area contributed by atoms with Crippen LogP contribution in [0.3, 0.4) is 0 Å². The first kappa shape index (κ1) is 14.8. The number of nitrogens with one attached hydrogen (secondary N) is 1. The van der Waals surface area contributed by atoms with Gasteiger partial charge in [0, 0.05) is 12.1 Å². The van der Waals surface area contributed by atoms with Gasteiger partial charge in [0.15, 0.2) is 6.61 Å². The molecule has 5 nitrogen and oxygen atoms in total. The van der Waals surface area contributed by atoms with Crippen molar-refractivity contribution in [3.63, 3.8) is 0 Å². The highest BCUT2D eigenvalue weighted by atomic mass is 19.1. The quantitative estimate of drug-likeness (QED) is 0.830. The molecule has 1 heterocycles. The Morgan fingerprint density at radius 3 is 2.81 bits per heavy atom. The molecular weight excluding hydrogens is 277 g/mol. The van der Waals surface area contributed by atoms with E-state index in [2.05, 4.69) is 5.32 Å². The third kappa shape index (κ3) is 5.10. The molecule has 110 valence electrons. The summed E-state index contributed by atoms with van der Waals surface area (Å²) in [6, 6.07) is 8.94. The number of aryl methyl sites for hydroxylation is 1. The Kier molecular flexibility index (Phi) is 5.09. The van der Waals surface area contributed by atoms with Gasteiger partial charge >= 0.3 is 5.97 Å². The molecule has 0 aliphatic rings. The monoisotopic (exact) mass is 291 g/mol. The molecule has 6 heteroatoms. The lowest BCUT2D eigenvalue weighted by atomic mass is 10.2. The van der Waals surface area contributed by atoms with Crippen molar-refractivity contribution < 1.29 is 23.1 Å². The average Bonchev–Trinajstić information content (AvgIpc) is 2.96. The number of esters is 1. The van der Waals surface area contributed by atoms with Gasteiger partial charge in [-0.2, -0.15) is 0 Å². The fourth-order valence-electron chi connectivity index (χ4n) is 1.66. The lowest BCUT2D eigenvalue weighted by Crippen LogP contribution is -2.21. The van der Waals surface area contributed by atoms with Crippen molar-refractivity contribution in [3.8, 4) is 0 Å². The zero-order valence-electron chi connectivity index (χ0n) is 11.2. The van der Waals surface area contributed by atoms with Crippen molar-refractivity contribution in [2.45, 2.75) is 12.8 Å². The van der Waals surface area contributed by atoms with E-state index in [-0.39, 0.29) is 6.42 Å². The van der Waals surface area contributed by atoms with Crippen LogP contribution < -0.4 is 5.32 Å². The maximum atomic E-state index is 12.9. The maximum Gasteiger partial charge on any atom is 0.306 e. The molecule has 21 heavy (non-hydrogen) atoms. The summed E-state index contributed by atoms with van der Waals surface area (Å²) in [4.78, 5) is 23.0. The molecule has 2 aromatic rings. The molecule has 0 aliphatic heterocycles. The SMILES string of the molecule is O=C(COC(=O)CCc1ccco1)Nc1cccc(F)c1. The Balaban J connectivity index is 1.69. The van der Waals surface area contributed by atoms with E-state index in [0.717, 1.165) is 0 Å². The third-order valence-electron chi connectivity index (χ3n) is 2.63. The topological polar surface area (TPSA) is 68.5 Å². The first-order valence-corrected chi connectivity index (χ1v) is 6.37. The number of ether oxygens (including phenoxy) is 1. The van der Waals surface area contributed by atoms with Crippen LogP contribution in [-0.2, 0) is 20.7 Å². The molecule has 0 bridgehead atoms. The molecule has 1 N–H and O–H groups in total. The van der Waals surface area contributed by atoms with Crippen LogP contribution in [0.25, 0.3) is 0 Å². The predicted octanol–water partition coefficient (Wildman–Crippen LogP) is 2.53. The van der Waals surface area contributed by atoms with Gasteiger partial charge in [-0.1, -0.05) is 6.07 Å². The number of halogens is 1. The lowest BCUT2D eigenvalue weighted by Gasteiger charge is -2.06. The van der Waals surface area contributed by atoms with E-state index in [1.54, 1.807) is 18.2 Å². The smallest absolute Gasteiger partial charge is 0.306 e. The van der Waals surface area contributed by atoms with Crippen LogP contribution in [0.15, 0.2) is 47.1 Å². The molecule has 0 unspecified atom stereocenters. The van der Waals surface area contributed by atoms with E-state index in [1.807, 2.05) is 0 Å². The van der Waals surface area contributed by atoms with Crippen molar-refractivity contribution in [3.05, 3.63) is 54.2 Å². The van der Waals surface area contributed by atoms with E-state index >= 15 is 0 Å². The Labute approximate surface area is 120 Å². The minimum absolute atomic E-state index is 0.126. The Bertz CT molecular complexity index is 610. The van der Waals surface area contributed by atoms with Crippen LogP contribution in [0.5, 0.6) is 0 Å². The highest BCUT2D eigenvalue weighted by Gasteiger charge is 2.09. The van der Waals surface area contributed by atoms with Gasteiger partial charge in [0.25, 0.3) is 5.91 Å². The largest absolute Gasteiger partial charge is 0.469 e. The number of amides is 1. The standard InChI is InChI=1S/C15H14FNO4/c16-11-3-1-4-12(9-11)17-14(18)10-21-15(19)7-6-13-5-2-8-20-13/h1-5,8-9H,6-7,10H2,(H,17,18). The molecule has 1 aromatic carbocycles. The van der Waals surface area contributed by atoms with Crippen LogP contribution in [0.4, 0.5) is 10.1 Å². The number of benzene rings is 1. The molecule has 0 atom stereocenters. The first-order chi connectivity index (χ1) is 10.1. The van der Waals surface area contributed by atoms with Crippen LogP contribution in [0, 0.1) is 5.82 Å². The number of carbonyl (C=O) groups excluding carboxylic acids is 2. The molecule has 0 spiro atoms. The van der Waals surface area contributed by atoms with Crippen molar-refractivity contribution in [1.29, 1.82) is 0 Å². The summed E-state index contributed by atoms with van der Waals surface area (Å²) in [6.07, 6.45) is 2.06. The van der Waals surface area contributed by atoms with E-state index in [9.17, 15) is 14.0 Å². The van der Waals surface area contributed by atoms with Gasteiger partial charge in [-0.15, -0.1) is 0 Å². The van der Waals surface area contributed by atoms with Gasteiger partial charge in [0.1, 0.15) is 11.6 Å². The second kappa shape index (κ2) is 7.23. The first-order valence-electron chi connectivity index (χ1n) is 6.37. The van der Waals surface area contributed by atoms with Crippen LogP contribution >= 0.6 is 0 Å². The van der Waals surface area contributed by atoms with Gasteiger partial charge in [-0.25, -0.2) is 4.39 Å². The summed E-state index contributed by atoms with van der Waals surface area (Å²) in [6.45, 7) is -0.409. The summed E-state index contributed by atoms with van der Waals surface area (Å²) in [5.74, 6) is -0.799. The molecule has 0 radical (unpaired) electrons. The van der Waals surface area contributed by atoms with Crippen LogP contribution in [-0.4, -0.2) is 18.5 Å². The molecule has 0 saturated heterocycles. The summed E-state index contributed by atoms with van der Waals surface area (Å²) in [5, 5.41) is 2.43. The number of carbonyl (C=O) groups is 2. The van der Waals surface area contributed by atoms with Crippen molar-refractivity contribution in [2.75, 3.05) is 11.9 Å². The Morgan fingerprint density at radius 2 is 2.10 bits per heavy atom. The zero-order valence-corrected chi connectivity index (χ0v) is 11.2. The highest BCUT2D eigenvalue weighted by molar-refractivity contribution is 5.92. The highest BCUT2D eigenvalue weighted by Crippen LogP contribution is 2.09. The number of rotatable bonds is 6. The summed E-state index contributed by atoms with van der Waals surface area (Å²) in [5.41, 5.74) is 0.312. The Hall–Kier alpha value is -2.63. The summed E-state index contributed by atoms with van der Waals surface area (Å²) < 4.78 is 22.8. The molecule has 0 fully saturated rings. The van der Waals surface area contributed by atoms with Gasteiger partial charge < -0.3 is 14.5 Å². The van der Waals surface area contributed by atoms with Crippen molar-refractivity contribution in [1.82, 2.24) is 0 Å². The Morgan fingerprint density at radius 1 is 1.24 bits per heavy atom. The second-order valence-electron chi connectivity index (χ2n) is 4.30. The van der Waals surface area contributed by atoms with Gasteiger partial charge in [-0.05, 0) is 30.3 Å². The molecule has 1 amide bonds. The fraction of sp³-hybridized carbons (Fsp3) is 0.200.